The first kappa shape index (κ1) is 11.4. The highest BCUT2D eigenvalue weighted by atomic mass is 127. The third-order valence-electron chi connectivity index (χ3n) is 2.27. The van der Waals surface area contributed by atoms with Gasteiger partial charge in [-0.25, -0.2) is 4.68 Å². The Balaban J connectivity index is 2.42. The van der Waals surface area contributed by atoms with Crippen LogP contribution < -0.4 is 5.73 Å². The zero-order chi connectivity index (χ0) is 11.5. The van der Waals surface area contributed by atoms with Gasteiger partial charge in [0.1, 0.15) is 5.82 Å². The van der Waals surface area contributed by atoms with E-state index in [1.165, 1.54) is 0 Å². The lowest BCUT2D eigenvalue weighted by Crippen LogP contribution is -2.07. The highest BCUT2D eigenvalue weighted by Crippen LogP contribution is 2.25. The Bertz CT molecular complexity index is 496. The molecule has 0 bridgehead atoms. The molecule has 1 heterocycles. The molecular weight excluding hydrogens is 317 g/mol. The molecule has 84 valence electrons. The van der Waals surface area contributed by atoms with E-state index in [1.807, 2.05) is 30.3 Å². The zero-order valence-electron chi connectivity index (χ0n) is 8.60. The molecule has 0 unspecified atom stereocenters. The minimum Gasteiger partial charge on any atom is -0.394 e. The Hall–Kier alpha value is -1.08. The normalized spacial score (nSPS) is 10.6. The first-order chi connectivity index (χ1) is 7.72. The predicted molar refractivity (Wildman–Crippen MR) is 71.9 cm³/mol. The summed E-state index contributed by atoms with van der Waals surface area (Å²) in [7, 11) is 0. The Labute approximate surface area is 107 Å². The summed E-state index contributed by atoms with van der Waals surface area (Å²) in [4.78, 5) is 0. The average Bonchev–Trinajstić information content (AvgIpc) is 2.61. The molecule has 3 N–H and O–H groups in total. The van der Waals surface area contributed by atoms with Crippen LogP contribution in [0.4, 0.5) is 5.82 Å². The first-order valence-corrected chi connectivity index (χ1v) is 5.99. The molecule has 0 aliphatic rings. The number of aromatic nitrogens is 2. The van der Waals surface area contributed by atoms with Crippen LogP contribution in [0.5, 0.6) is 0 Å². The van der Waals surface area contributed by atoms with Crippen LogP contribution in [0.2, 0.25) is 0 Å². The molecule has 0 atom stereocenters. The fourth-order valence-corrected chi connectivity index (χ4v) is 2.17. The summed E-state index contributed by atoms with van der Waals surface area (Å²) < 4.78 is 2.74. The summed E-state index contributed by atoms with van der Waals surface area (Å²) in [5.41, 5.74) is 7.71. The zero-order valence-corrected chi connectivity index (χ0v) is 10.8. The Kier molecular flexibility index (Phi) is 3.45. The van der Waals surface area contributed by atoms with E-state index in [1.54, 1.807) is 4.68 Å². The molecule has 16 heavy (non-hydrogen) atoms. The second-order valence-electron chi connectivity index (χ2n) is 3.38. The number of nitrogen functional groups attached to an aromatic ring is 1. The van der Waals surface area contributed by atoms with Gasteiger partial charge in [0.2, 0.25) is 0 Å². The van der Waals surface area contributed by atoms with Gasteiger partial charge in [0, 0.05) is 15.2 Å². The number of anilines is 1. The van der Waals surface area contributed by atoms with Gasteiger partial charge in [-0.2, -0.15) is 5.10 Å². The van der Waals surface area contributed by atoms with Gasteiger partial charge in [-0.15, -0.1) is 0 Å². The molecule has 4 nitrogen and oxygen atoms in total. The van der Waals surface area contributed by atoms with E-state index in [4.69, 9.17) is 10.8 Å². The molecule has 5 heteroatoms. The maximum absolute atomic E-state index is 8.86. The smallest absolute Gasteiger partial charge is 0.122 e. The van der Waals surface area contributed by atoms with Crippen molar-refractivity contribution in [1.82, 2.24) is 9.78 Å². The summed E-state index contributed by atoms with van der Waals surface area (Å²) in [6.07, 6.45) is 0. The summed E-state index contributed by atoms with van der Waals surface area (Å²) in [5.74, 6) is 0.573. The van der Waals surface area contributed by atoms with Crippen LogP contribution in [-0.4, -0.2) is 21.5 Å². The molecule has 1 aromatic carbocycles. The molecule has 2 rings (SSSR count). The topological polar surface area (TPSA) is 64.1 Å². The molecular formula is C11H12IN3O. The molecule has 0 saturated heterocycles. The van der Waals surface area contributed by atoms with Crippen molar-refractivity contribution in [2.24, 2.45) is 0 Å². The van der Waals surface area contributed by atoms with Gasteiger partial charge in [0.25, 0.3) is 0 Å². The number of nitrogens with zero attached hydrogens (tertiary/aromatic N) is 2. The minimum atomic E-state index is 0.0389. The van der Waals surface area contributed by atoms with Crippen molar-refractivity contribution in [2.75, 3.05) is 12.3 Å². The molecule has 0 saturated carbocycles. The van der Waals surface area contributed by atoms with E-state index < -0.39 is 0 Å². The van der Waals surface area contributed by atoms with Crippen LogP contribution in [0.15, 0.2) is 30.3 Å². The van der Waals surface area contributed by atoms with Crippen LogP contribution in [0, 0.1) is 3.57 Å². The van der Waals surface area contributed by atoms with Crippen LogP contribution in [0.1, 0.15) is 0 Å². The Morgan fingerprint density at radius 2 is 2.12 bits per heavy atom. The number of hydrogen-bond donors (Lipinski definition) is 2. The summed E-state index contributed by atoms with van der Waals surface area (Å²) in [6, 6.07) is 9.81. The quantitative estimate of drug-likeness (QED) is 0.843. The average molecular weight is 329 g/mol. The monoisotopic (exact) mass is 329 g/mol. The van der Waals surface area contributed by atoms with Gasteiger partial charge in [-0.1, -0.05) is 18.2 Å². The maximum Gasteiger partial charge on any atom is 0.122 e. The lowest BCUT2D eigenvalue weighted by Gasteiger charge is -2.00. The summed E-state index contributed by atoms with van der Waals surface area (Å²) >= 11 is 2.27. The molecule has 0 fully saturated rings. The highest BCUT2D eigenvalue weighted by Gasteiger charge is 2.08. The van der Waals surface area contributed by atoms with Crippen LogP contribution in [0.3, 0.4) is 0 Å². The van der Waals surface area contributed by atoms with Crippen LogP contribution >= 0.6 is 22.6 Å². The maximum atomic E-state index is 8.86. The van der Waals surface area contributed by atoms with Gasteiger partial charge < -0.3 is 10.8 Å². The van der Waals surface area contributed by atoms with E-state index in [0.717, 1.165) is 14.8 Å². The number of halogens is 1. The molecule has 0 spiro atoms. The van der Waals surface area contributed by atoms with Crippen molar-refractivity contribution in [3.8, 4) is 11.3 Å². The lowest BCUT2D eigenvalue weighted by molar-refractivity contribution is 0.270. The van der Waals surface area contributed by atoms with Gasteiger partial charge in [0.05, 0.1) is 18.8 Å². The van der Waals surface area contributed by atoms with Crippen molar-refractivity contribution in [1.29, 1.82) is 0 Å². The van der Waals surface area contributed by atoms with Crippen LogP contribution in [-0.2, 0) is 6.54 Å². The number of aliphatic hydroxyl groups is 1. The van der Waals surface area contributed by atoms with Crippen molar-refractivity contribution in [3.05, 3.63) is 33.9 Å². The number of hydrogen-bond acceptors (Lipinski definition) is 3. The number of benzene rings is 1. The molecule has 0 aliphatic carbocycles. The third kappa shape index (κ3) is 2.19. The van der Waals surface area contributed by atoms with Crippen LogP contribution in [0.25, 0.3) is 11.3 Å². The van der Waals surface area contributed by atoms with Gasteiger partial charge in [-0.05, 0) is 28.7 Å². The molecule has 0 amide bonds. The highest BCUT2D eigenvalue weighted by molar-refractivity contribution is 14.1. The first-order valence-electron chi connectivity index (χ1n) is 4.91. The van der Waals surface area contributed by atoms with Crippen molar-refractivity contribution in [3.63, 3.8) is 0 Å². The van der Waals surface area contributed by atoms with Crippen molar-refractivity contribution >= 4 is 28.4 Å². The minimum absolute atomic E-state index is 0.0389. The lowest BCUT2D eigenvalue weighted by atomic mass is 10.2. The SMILES string of the molecule is Nc1cc(-c2ccccc2I)nn1CCO. The molecule has 0 aliphatic heterocycles. The number of aliphatic hydroxyl groups excluding tert-OH is 1. The van der Waals surface area contributed by atoms with Gasteiger partial charge in [0.15, 0.2) is 0 Å². The molecule has 2 aromatic rings. The van der Waals surface area contributed by atoms with E-state index in [9.17, 15) is 0 Å². The van der Waals surface area contributed by atoms with Crippen molar-refractivity contribution in [2.45, 2.75) is 6.54 Å². The second-order valence-corrected chi connectivity index (χ2v) is 4.54. The molecule has 1 aromatic heterocycles. The standard InChI is InChI=1S/C11H12IN3O/c12-9-4-2-1-3-8(9)10-7-11(13)15(14-10)5-6-16/h1-4,7,16H,5-6,13H2. The third-order valence-corrected chi connectivity index (χ3v) is 3.21. The van der Waals surface area contributed by atoms with Gasteiger partial charge >= 0.3 is 0 Å². The van der Waals surface area contributed by atoms with E-state index in [0.29, 0.717) is 12.4 Å². The second kappa shape index (κ2) is 4.84. The Morgan fingerprint density at radius 3 is 2.81 bits per heavy atom. The summed E-state index contributed by atoms with van der Waals surface area (Å²) in [6.45, 7) is 0.465. The van der Waals surface area contributed by atoms with Crippen molar-refractivity contribution < 1.29 is 5.11 Å². The molecule has 0 radical (unpaired) electrons. The number of rotatable bonds is 3. The summed E-state index contributed by atoms with van der Waals surface area (Å²) in [5, 5.41) is 13.2. The Morgan fingerprint density at radius 1 is 1.38 bits per heavy atom. The fourth-order valence-electron chi connectivity index (χ4n) is 1.51. The largest absolute Gasteiger partial charge is 0.394 e. The van der Waals surface area contributed by atoms with E-state index in [2.05, 4.69) is 27.7 Å². The van der Waals surface area contributed by atoms with E-state index >= 15 is 0 Å². The predicted octanol–water partition coefficient (Wildman–Crippen LogP) is 1.73. The number of nitrogens with two attached hydrogens (primary N) is 1. The van der Waals surface area contributed by atoms with Gasteiger partial charge in [-0.3, -0.25) is 0 Å². The fraction of sp³-hybridized carbons (Fsp3) is 0.182. The van der Waals surface area contributed by atoms with E-state index in [-0.39, 0.29) is 6.61 Å².